The summed E-state index contributed by atoms with van der Waals surface area (Å²) in [6, 6.07) is 4.05. The van der Waals surface area contributed by atoms with Crippen LogP contribution in [0.15, 0.2) is 36.9 Å². The summed E-state index contributed by atoms with van der Waals surface area (Å²) in [5.41, 5.74) is 2.35. The molecule has 14 heavy (non-hydrogen) atoms. The Bertz CT molecular complexity index is 557. The van der Waals surface area contributed by atoms with E-state index in [1.807, 2.05) is 44.0 Å². The quantitative estimate of drug-likeness (QED) is 0.534. The largest absolute Gasteiger partial charge is 0.342 e. The predicted molar refractivity (Wildman–Crippen MR) is 56.0 cm³/mol. The van der Waals surface area contributed by atoms with Crippen LogP contribution in [0, 0.1) is 0 Å². The zero-order chi connectivity index (χ0) is 9.54. The van der Waals surface area contributed by atoms with Gasteiger partial charge in [-0.15, -0.1) is 0 Å². The van der Waals surface area contributed by atoms with Crippen LogP contribution in [-0.2, 0) is 7.05 Å². The zero-order valence-corrected chi connectivity index (χ0v) is 7.81. The summed E-state index contributed by atoms with van der Waals surface area (Å²) in [5, 5.41) is 2.40. The van der Waals surface area contributed by atoms with Crippen LogP contribution in [0.4, 0.5) is 0 Å². The van der Waals surface area contributed by atoms with Gasteiger partial charge in [0.25, 0.3) is 0 Å². The van der Waals surface area contributed by atoms with Crippen LogP contribution in [-0.4, -0.2) is 14.5 Å². The fourth-order valence-corrected chi connectivity index (χ4v) is 1.90. The van der Waals surface area contributed by atoms with E-state index in [2.05, 4.69) is 14.5 Å². The average molecular weight is 183 g/mol. The molecule has 0 radical (unpaired) electrons. The Morgan fingerprint density at radius 1 is 0.929 bits per heavy atom. The molecule has 0 fully saturated rings. The molecule has 3 nitrogen and oxygen atoms in total. The van der Waals surface area contributed by atoms with Crippen molar-refractivity contribution in [2.45, 2.75) is 0 Å². The van der Waals surface area contributed by atoms with Crippen LogP contribution < -0.4 is 0 Å². The summed E-state index contributed by atoms with van der Waals surface area (Å²) in [6.07, 6.45) is 7.41. The number of rotatable bonds is 0. The second-order valence-electron chi connectivity index (χ2n) is 3.34. The van der Waals surface area contributed by atoms with Crippen LogP contribution in [0.3, 0.4) is 0 Å². The van der Waals surface area contributed by atoms with E-state index in [4.69, 9.17) is 0 Å². The molecule has 0 bridgehead atoms. The fourth-order valence-electron chi connectivity index (χ4n) is 1.90. The standard InChI is InChI=1S/C11H9N3/c1-14-10-3-5-12-6-9(10)8-2-4-13-7-11(8)14/h2-7H,1H3. The van der Waals surface area contributed by atoms with Gasteiger partial charge >= 0.3 is 0 Å². The lowest BCUT2D eigenvalue weighted by Gasteiger charge is -1.94. The zero-order valence-electron chi connectivity index (χ0n) is 7.81. The van der Waals surface area contributed by atoms with Crippen LogP contribution in [0.2, 0.25) is 0 Å². The summed E-state index contributed by atoms with van der Waals surface area (Å²) in [6.45, 7) is 0. The molecule has 3 heteroatoms. The minimum absolute atomic E-state index is 1.15. The van der Waals surface area contributed by atoms with Gasteiger partial charge < -0.3 is 4.57 Å². The van der Waals surface area contributed by atoms with E-state index in [0.29, 0.717) is 0 Å². The number of pyridine rings is 2. The first-order valence-electron chi connectivity index (χ1n) is 4.50. The maximum absolute atomic E-state index is 4.14. The van der Waals surface area contributed by atoms with Crippen LogP contribution in [0.1, 0.15) is 0 Å². The highest BCUT2D eigenvalue weighted by atomic mass is 14.9. The number of hydrogen-bond acceptors (Lipinski definition) is 2. The molecule has 0 saturated carbocycles. The van der Waals surface area contributed by atoms with Gasteiger partial charge in [0.05, 0.1) is 17.2 Å². The Hall–Kier alpha value is -1.90. The van der Waals surface area contributed by atoms with E-state index in [0.717, 1.165) is 5.52 Å². The van der Waals surface area contributed by atoms with Gasteiger partial charge in [0.15, 0.2) is 0 Å². The Labute approximate surface area is 81.0 Å². The summed E-state index contributed by atoms with van der Waals surface area (Å²) in [4.78, 5) is 8.27. The van der Waals surface area contributed by atoms with Crippen molar-refractivity contribution in [3.05, 3.63) is 36.9 Å². The molecule has 0 aromatic carbocycles. The average Bonchev–Trinajstić information content (AvgIpc) is 2.55. The lowest BCUT2D eigenvalue weighted by Crippen LogP contribution is -1.86. The molecular weight excluding hydrogens is 174 g/mol. The summed E-state index contributed by atoms with van der Waals surface area (Å²) >= 11 is 0. The van der Waals surface area contributed by atoms with Crippen molar-refractivity contribution in [2.75, 3.05) is 0 Å². The first-order chi connectivity index (χ1) is 6.88. The van der Waals surface area contributed by atoms with Gasteiger partial charge in [0.1, 0.15) is 0 Å². The molecule has 0 aliphatic rings. The number of nitrogens with zero attached hydrogens (tertiary/aromatic N) is 3. The maximum atomic E-state index is 4.14. The molecule has 0 unspecified atom stereocenters. The molecule has 3 heterocycles. The molecule has 0 aliphatic heterocycles. The van der Waals surface area contributed by atoms with Gasteiger partial charge in [-0.3, -0.25) is 9.97 Å². The Balaban J connectivity index is 2.69. The van der Waals surface area contributed by atoms with Gasteiger partial charge in [0, 0.05) is 36.4 Å². The smallest absolute Gasteiger partial charge is 0.0675 e. The number of fused-ring (bicyclic) bond motifs is 3. The molecule has 3 rings (SSSR count). The van der Waals surface area contributed by atoms with E-state index >= 15 is 0 Å². The second kappa shape index (κ2) is 2.54. The first-order valence-corrected chi connectivity index (χ1v) is 4.50. The molecule has 0 atom stereocenters. The highest BCUT2D eigenvalue weighted by molar-refractivity contribution is 6.07. The fraction of sp³-hybridized carbons (Fsp3) is 0.0909. The second-order valence-corrected chi connectivity index (χ2v) is 3.34. The van der Waals surface area contributed by atoms with Crippen LogP contribution in [0.5, 0.6) is 0 Å². The maximum Gasteiger partial charge on any atom is 0.0675 e. The molecular formula is C11H9N3. The highest BCUT2D eigenvalue weighted by Crippen LogP contribution is 2.25. The lowest BCUT2D eigenvalue weighted by atomic mass is 10.2. The third-order valence-corrected chi connectivity index (χ3v) is 2.61. The monoisotopic (exact) mass is 183 g/mol. The topological polar surface area (TPSA) is 30.7 Å². The van der Waals surface area contributed by atoms with E-state index in [1.54, 1.807) is 0 Å². The highest BCUT2D eigenvalue weighted by Gasteiger charge is 2.06. The summed E-state index contributed by atoms with van der Waals surface area (Å²) in [7, 11) is 2.05. The van der Waals surface area contributed by atoms with E-state index in [9.17, 15) is 0 Å². The van der Waals surface area contributed by atoms with Gasteiger partial charge in [-0.1, -0.05) is 0 Å². The summed E-state index contributed by atoms with van der Waals surface area (Å²) < 4.78 is 2.14. The van der Waals surface area contributed by atoms with Crippen molar-refractivity contribution >= 4 is 21.8 Å². The van der Waals surface area contributed by atoms with E-state index < -0.39 is 0 Å². The number of hydrogen-bond donors (Lipinski definition) is 0. The Morgan fingerprint density at radius 3 is 2.64 bits per heavy atom. The minimum Gasteiger partial charge on any atom is -0.342 e. The lowest BCUT2D eigenvalue weighted by molar-refractivity contribution is 1.01. The normalized spacial score (nSPS) is 11.2. The molecule has 0 spiro atoms. The SMILES string of the molecule is Cn1c2ccncc2c2ccncc21. The minimum atomic E-state index is 1.15. The number of aryl methyl sites for hydroxylation is 1. The Kier molecular flexibility index (Phi) is 1.36. The molecule has 0 N–H and O–H groups in total. The third kappa shape index (κ3) is 0.812. The Morgan fingerprint density at radius 2 is 1.71 bits per heavy atom. The van der Waals surface area contributed by atoms with Crippen molar-refractivity contribution in [1.29, 1.82) is 0 Å². The van der Waals surface area contributed by atoms with Crippen LogP contribution in [0.25, 0.3) is 21.8 Å². The molecule has 68 valence electrons. The van der Waals surface area contributed by atoms with E-state index in [1.165, 1.54) is 16.3 Å². The molecule has 0 aliphatic carbocycles. The summed E-state index contributed by atoms with van der Waals surface area (Å²) in [5.74, 6) is 0. The third-order valence-electron chi connectivity index (χ3n) is 2.61. The molecule has 0 amide bonds. The van der Waals surface area contributed by atoms with Gasteiger partial charge in [-0.2, -0.15) is 0 Å². The van der Waals surface area contributed by atoms with E-state index in [-0.39, 0.29) is 0 Å². The number of aromatic nitrogens is 3. The first kappa shape index (κ1) is 7.50. The molecule has 3 aromatic heterocycles. The van der Waals surface area contributed by atoms with Crippen molar-refractivity contribution in [3.8, 4) is 0 Å². The van der Waals surface area contributed by atoms with Crippen molar-refractivity contribution < 1.29 is 0 Å². The van der Waals surface area contributed by atoms with Gasteiger partial charge in [-0.05, 0) is 12.1 Å². The van der Waals surface area contributed by atoms with Gasteiger partial charge in [0.2, 0.25) is 0 Å². The molecule has 3 aromatic rings. The van der Waals surface area contributed by atoms with Crippen molar-refractivity contribution in [1.82, 2.24) is 14.5 Å². The van der Waals surface area contributed by atoms with Crippen molar-refractivity contribution in [3.63, 3.8) is 0 Å². The predicted octanol–water partition coefficient (Wildman–Crippen LogP) is 2.12. The van der Waals surface area contributed by atoms with Gasteiger partial charge in [-0.25, -0.2) is 0 Å². The van der Waals surface area contributed by atoms with Crippen molar-refractivity contribution in [2.24, 2.45) is 7.05 Å². The molecule has 0 saturated heterocycles. The van der Waals surface area contributed by atoms with Crippen LogP contribution >= 0.6 is 0 Å².